The van der Waals surface area contributed by atoms with Crippen molar-refractivity contribution < 1.29 is 19.0 Å². The fraction of sp³-hybridized carbons (Fsp3) is 0.650. The quantitative estimate of drug-likeness (QED) is 0.407. The maximum atomic E-state index is 10.8. The van der Waals surface area contributed by atoms with Crippen LogP contribution in [0, 0.1) is 0 Å². The van der Waals surface area contributed by atoms with Crippen molar-refractivity contribution in [3.05, 3.63) is 23.8 Å². The van der Waals surface area contributed by atoms with Crippen molar-refractivity contribution in [3.8, 4) is 11.5 Å². The number of rotatable bonds is 12. The lowest BCUT2D eigenvalue weighted by Gasteiger charge is -2.26. The van der Waals surface area contributed by atoms with E-state index in [1.807, 2.05) is 0 Å². The molecule has 1 aliphatic heterocycles. The lowest BCUT2D eigenvalue weighted by molar-refractivity contribution is 0.00775. The van der Waals surface area contributed by atoms with Crippen molar-refractivity contribution >= 4 is 6.29 Å². The number of aldehydes is 1. The smallest absolute Gasteiger partial charge is 0.162 e. The van der Waals surface area contributed by atoms with E-state index in [4.69, 9.17) is 14.2 Å². The highest BCUT2D eigenvalue weighted by Crippen LogP contribution is 2.32. The Morgan fingerprint density at radius 2 is 1.83 bits per heavy atom. The molecule has 1 aromatic carbocycles. The van der Waals surface area contributed by atoms with Gasteiger partial charge in [0.05, 0.1) is 6.61 Å². The molecule has 0 spiro atoms. The first-order chi connectivity index (χ1) is 11.8. The summed E-state index contributed by atoms with van der Waals surface area (Å²) < 4.78 is 17.2. The normalized spacial score (nSPS) is 16.1. The Morgan fingerprint density at radius 1 is 1.08 bits per heavy atom. The first-order valence-corrected chi connectivity index (χ1v) is 9.30. The third-order valence-electron chi connectivity index (χ3n) is 4.27. The zero-order valence-electron chi connectivity index (χ0n) is 14.8. The number of benzene rings is 1. The van der Waals surface area contributed by atoms with Crippen molar-refractivity contribution in [2.24, 2.45) is 0 Å². The minimum absolute atomic E-state index is 0.0753. The number of hydrogen-bond donors (Lipinski definition) is 0. The van der Waals surface area contributed by atoms with Gasteiger partial charge in [0, 0.05) is 12.2 Å². The molecule has 134 valence electrons. The topological polar surface area (TPSA) is 44.8 Å². The molecule has 1 unspecified atom stereocenters. The van der Waals surface area contributed by atoms with Crippen LogP contribution in [0.5, 0.6) is 11.5 Å². The summed E-state index contributed by atoms with van der Waals surface area (Å²) in [5, 5.41) is 0. The molecule has 0 amide bonds. The molecular formula is C20H30O4. The number of carbonyl (C=O) groups excluding carboxylic acids is 1. The van der Waals surface area contributed by atoms with Crippen LogP contribution in [-0.4, -0.2) is 32.2 Å². The maximum absolute atomic E-state index is 10.8. The molecule has 0 bridgehead atoms. The molecule has 1 aliphatic rings. The van der Waals surface area contributed by atoms with Gasteiger partial charge < -0.3 is 14.2 Å². The summed E-state index contributed by atoms with van der Waals surface area (Å²) in [5.74, 6) is 1.33. The molecule has 4 nitrogen and oxygen atoms in total. The number of hydrogen-bond acceptors (Lipinski definition) is 4. The van der Waals surface area contributed by atoms with E-state index in [0.29, 0.717) is 30.3 Å². The zero-order valence-corrected chi connectivity index (χ0v) is 14.8. The van der Waals surface area contributed by atoms with Crippen molar-refractivity contribution in [3.63, 3.8) is 0 Å². The third kappa shape index (κ3) is 6.52. The van der Waals surface area contributed by atoms with Crippen LogP contribution in [0.4, 0.5) is 0 Å². The van der Waals surface area contributed by atoms with Gasteiger partial charge in [-0.1, -0.05) is 51.9 Å². The van der Waals surface area contributed by atoms with Crippen molar-refractivity contribution in [1.82, 2.24) is 0 Å². The van der Waals surface area contributed by atoms with E-state index in [1.54, 1.807) is 18.2 Å². The molecule has 0 aliphatic carbocycles. The Labute approximate surface area is 145 Å². The van der Waals surface area contributed by atoms with Crippen LogP contribution in [0.2, 0.25) is 0 Å². The summed E-state index contributed by atoms with van der Waals surface area (Å²) in [6, 6.07) is 5.22. The van der Waals surface area contributed by atoms with Gasteiger partial charge in [-0.3, -0.25) is 4.79 Å². The molecule has 1 aromatic rings. The van der Waals surface area contributed by atoms with Gasteiger partial charge in [-0.2, -0.15) is 0 Å². The minimum atomic E-state index is -0.0753. The average Bonchev–Trinajstić information content (AvgIpc) is 2.62. The monoisotopic (exact) mass is 334 g/mol. The predicted octanol–water partition coefficient (Wildman–Crippen LogP) is 4.80. The predicted molar refractivity (Wildman–Crippen MR) is 95.2 cm³/mol. The molecule has 0 fully saturated rings. The van der Waals surface area contributed by atoms with Gasteiger partial charge >= 0.3 is 0 Å². The molecule has 1 heterocycles. The van der Waals surface area contributed by atoms with Gasteiger partial charge in [-0.15, -0.1) is 0 Å². The Balaban J connectivity index is 1.52. The standard InChI is InChI=1S/C20H30O4/c1-2-3-4-5-6-7-8-9-12-22-15-18-16-23-20-13-17(14-21)10-11-19(20)24-18/h10-11,13-14,18H,2-9,12,15-16H2,1H3. The molecule has 24 heavy (non-hydrogen) atoms. The van der Waals surface area contributed by atoms with E-state index >= 15 is 0 Å². The van der Waals surface area contributed by atoms with Gasteiger partial charge in [0.15, 0.2) is 17.6 Å². The average molecular weight is 334 g/mol. The Hall–Kier alpha value is -1.55. The van der Waals surface area contributed by atoms with Gasteiger partial charge in [-0.25, -0.2) is 0 Å². The molecule has 2 rings (SSSR count). The summed E-state index contributed by atoms with van der Waals surface area (Å²) in [4.78, 5) is 10.8. The highest BCUT2D eigenvalue weighted by atomic mass is 16.6. The van der Waals surface area contributed by atoms with Gasteiger partial charge in [0.2, 0.25) is 0 Å². The van der Waals surface area contributed by atoms with Gasteiger partial charge in [-0.05, 0) is 24.6 Å². The molecule has 0 saturated heterocycles. The Bertz CT molecular complexity index is 487. The highest BCUT2D eigenvalue weighted by Gasteiger charge is 2.21. The number of ether oxygens (including phenoxy) is 3. The Kier molecular flexibility index (Phi) is 8.67. The molecular weight excluding hydrogens is 304 g/mol. The van der Waals surface area contributed by atoms with E-state index in [0.717, 1.165) is 19.3 Å². The van der Waals surface area contributed by atoms with Crippen LogP contribution in [0.25, 0.3) is 0 Å². The molecule has 1 atom stereocenters. The van der Waals surface area contributed by atoms with E-state index in [2.05, 4.69) is 6.92 Å². The first-order valence-electron chi connectivity index (χ1n) is 9.30. The number of unbranched alkanes of at least 4 members (excludes halogenated alkanes) is 7. The second-order valence-electron chi connectivity index (χ2n) is 6.42. The lowest BCUT2D eigenvalue weighted by atomic mass is 10.1. The SMILES string of the molecule is CCCCCCCCCCOCC1COc2cc(C=O)ccc2O1. The van der Waals surface area contributed by atoms with Crippen LogP contribution in [0.1, 0.15) is 68.6 Å². The number of fused-ring (bicyclic) bond motifs is 1. The molecule has 4 heteroatoms. The largest absolute Gasteiger partial charge is 0.486 e. The van der Waals surface area contributed by atoms with Crippen molar-refractivity contribution in [1.29, 1.82) is 0 Å². The van der Waals surface area contributed by atoms with E-state index in [-0.39, 0.29) is 6.10 Å². The molecule has 0 aromatic heterocycles. The lowest BCUT2D eigenvalue weighted by Crippen LogP contribution is -2.33. The van der Waals surface area contributed by atoms with Crippen LogP contribution in [-0.2, 0) is 4.74 Å². The molecule has 0 radical (unpaired) electrons. The summed E-state index contributed by atoms with van der Waals surface area (Å²) in [6.07, 6.45) is 11.2. The second kappa shape index (κ2) is 11.1. The zero-order chi connectivity index (χ0) is 17.0. The summed E-state index contributed by atoms with van der Waals surface area (Å²) >= 11 is 0. The fourth-order valence-corrected chi connectivity index (χ4v) is 2.84. The molecule has 0 N–H and O–H groups in total. The summed E-state index contributed by atoms with van der Waals surface area (Å²) in [5.41, 5.74) is 0.599. The fourth-order valence-electron chi connectivity index (χ4n) is 2.84. The van der Waals surface area contributed by atoms with E-state index in [1.165, 1.54) is 44.9 Å². The van der Waals surface area contributed by atoms with E-state index in [9.17, 15) is 4.79 Å². The maximum Gasteiger partial charge on any atom is 0.162 e. The minimum Gasteiger partial charge on any atom is -0.486 e. The van der Waals surface area contributed by atoms with Crippen LogP contribution >= 0.6 is 0 Å². The van der Waals surface area contributed by atoms with Crippen LogP contribution in [0.3, 0.4) is 0 Å². The van der Waals surface area contributed by atoms with E-state index < -0.39 is 0 Å². The second-order valence-corrected chi connectivity index (χ2v) is 6.42. The van der Waals surface area contributed by atoms with Gasteiger partial charge in [0.1, 0.15) is 12.9 Å². The summed E-state index contributed by atoms with van der Waals surface area (Å²) in [7, 11) is 0. The summed E-state index contributed by atoms with van der Waals surface area (Å²) in [6.45, 7) is 4.04. The Morgan fingerprint density at radius 3 is 2.58 bits per heavy atom. The van der Waals surface area contributed by atoms with Crippen molar-refractivity contribution in [2.75, 3.05) is 19.8 Å². The first kappa shape index (κ1) is 18.8. The van der Waals surface area contributed by atoms with Crippen LogP contribution < -0.4 is 9.47 Å². The highest BCUT2D eigenvalue weighted by molar-refractivity contribution is 5.76. The van der Waals surface area contributed by atoms with Gasteiger partial charge in [0.25, 0.3) is 0 Å². The van der Waals surface area contributed by atoms with Crippen LogP contribution in [0.15, 0.2) is 18.2 Å². The van der Waals surface area contributed by atoms with Crippen molar-refractivity contribution in [2.45, 2.75) is 64.4 Å². The number of carbonyl (C=O) groups is 1. The molecule has 0 saturated carbocycles. The third-order valence-corrected chi connectivity index (χ3v) is 4.27.